The van der Waals surface area contributed by atoms with E-state index in [-0.39, 0.29) is 17.5 Å². The number of methoxy groups -OCH3 is 2. The third-order valence-corrected chi connectivity index (χ3v) is 6.90. The molecule has 9 heteroatoms. The van der Waals surface area contributed by atoms with Gasteiger partial charge in [0.1, 0.15) is 16.9 Å². The van der Waals surface area contributed by atoms with Crippen molar-refractivity contribution in [2.45, 2.75) is 5.03 Å². The first-order valence-corrected chi connectivity index (χ1v) is 12.3. The van der Waals surface area contributed by atoms with Crippen molar-refractivity contribution in [3.05, 3.63) is 77.4 Å². The number of amides is 1. The summed E-state index contributed by atoms with van der Waals surface area (Å²) >= 11 is 2.69. The number of carbonyl (C=O) groups is 1. The summed E-state index contributed by atoms with van der Waals surface area (Å²) in [6.45, 7) is 0. The Balaban J connectivity index is 1.62. The molecule has 35 heavy (non-hydrogen) atoms. The molecule has 2 heterocycles. The second-order valence-corrected chi connectivity index (χ2v) is 9.15. The summed E-state index contributed by atoms with van der Waals surface area (Å²) in [5, 5.41) is 15.1. The number of pyridine rings is 1. The Morgan fingerprint density at radius 3 is 2.54 bits per heavy atom. The topological polar surface area (TPSA) is 84.2 Å². The lowest BCUT2D eigenvalue weighted by molar-refractivity contribution is -0.113. The Bertz CT molecular complexity index is 1380. The van der Waals surface area contributed by atoms with Gasteiger partial charge in [-0.25, -0.2) is 9.37 Å². The minimum atomic E-state index is -0.360. The molecule has 4 aromatic rings. The number of anilines is 1. The molecule has 0 aliphatic heterocycles. The van der Waals surface area contributed by atoms with Gasteiger partial charge < -0.3 is 14.8 Å². The molecule has 1 amide bonds. The molecule has 2 aromatic heterocycles. The molecular weight excluding hydrogens is 485 g/mol. The average Bonchev–Trinajstić information content (AvgIpc) is 3.42. The minimum Gasteiger partial charge on any atom is -0.493 e. The van der Waals surface area contributed by atoms with E-state index in [0.717, 1.165) is 4.88 Å². The molecule has 0 radical (unpaired) electrons. The lowest BCUT2D eigenvalue weighted by Crippen LogP contribution is -2.14. The van der Waals surface area contributed by atoms with E-state index in [0.29, 0.717) is 44.6 Å². The third-order valence-electron chi connectivity index (χ3n) is 5.03. The number of rotatable bonds is 8. The van der Waals surface area contributed by atoms with Gasteiger partial charge in [0.05, 0.1) is 36.1 Å². The molecule has 0 unspecified atom stereocenters. The number of aromatic nitrogens is 1. The van der Waals surface area contributed by atoms with Crippen molar-refractivity contribution in [1.29, 1.82) is 5.26 Å². The number of thiophene rings is 1. The summed E-state index contributed by atoms with van der Waals surface area (Å²) in [5.74, 6) is 0.465. The second kappa shape index (κ2) is 11.0. The van der Waals surface area contributed by atoms with Crippen molar-refractivity contribution in [3.8, 4) is 39.3 Å². The summed E-state index contributed by atoms with van der Waals surface area (Å²) in [5.41, 5.74) is 2.90. The predicted octanol–water partition coefficient (Wildman–Crippen LogP) is 6.24. The largest absolute Gasteiger partial charge is 0.493 e. The highest BCUT2D eigenvalue weighted by Gasteiger charge is 2.18. The van der Waals surface area contributed by atoms with Crippen LogP contribution in [0.3, 0.4) is 0 Å². The van der Waals surface area contributed by atoms with Gasteiger partial charge in [-0.1, -0.05) is 30.0 Å². The lowest BCUT2D eigenvalue weighted by Gasteiger charge is -2.13. The Labute approximate surface area is 210 Å². The Hall–Kier alpha value is -3.87. The first-order valence-electron chi connectivity index (χ1n) is 10.4. The number of nitrogens with one attached hydrogen (secondary N) is 1. The van der Waals surface area contributed by atoms with Crippen LogP contribution < -0.4 is 14.8 Å². The van der Waals surface area contributed by atoms with Crippen LogP contribution in [0, 0.1) is 17.1 Å². The fraction of sp³-hybridized carbons (Fsp3) is 0.115. The molecule has 0 saturated carbocycles. The molecule has 0 fully saturated rings. The molecule has 0 saturated heterocycles. The fourth-order valence-electron chi connectivity index (χ4n) is 3.39. The van der Waals surface area contributed by atoms with Gasteiger partial charge in [-0.05, 0) is 47.3 Å². The Kier molecular flexibility index (Phi) is 7.65. The van der Waals surface area contributed by atoms with E-state index in [4.69, 9.17) is 9.47 Å². The summed E-state index contributed by atoms with van der Waals surface area (Å²) < 4.78 is 24.0. The quantitative estimate of drug-likeness (QED) is 0.286. The number of hydrogen-bond acceptors (Lipinski definition) is 7. The zero-order valence-corrected chi connectivity index (χ0v) is 20.5. The van der Waals surface area contributed by atoms with Crippen molar-refractivity contribution in [1.82, 2.24) is 4.98 Å². The van der Waals surface area contributed by atoms with Crippen molar-refractivity contribution in [2.75, 3.05) is 25.3 Å². The maximum absolute atomic E-state index is 13.5. The molecule has 6 nitrogen and oxygen atoms in total. The zero-order valence-electron chi connectivity index (χ0n) is 18.9. The molecule has 0 bridgehead atoms. The first kappa shape index (κ1) is 24.3. The van der Waals surface area contributed by atoms with E-state index >= 15 is 0 Å². The highest BCUT2D eigenvalue weighted by Crippen LogP contribution is 2.36. The maximum Gasteiger partial charge on any atom is 0.234 e. The van der Waals surface area contributed by atoms with Crippen LogP contribution in [0.2, 0.25) is 0 Å². The van der Waals surface area contributed by atoms with Crippen LogP contribution in [0.5, 0.6) is 11.5 Å². The highest BCUT2D eigenvalue weighted by atomic mass is 32.2. The standard InChI is InChI=1S/C26H20FN3O3S2/c1-32-22-10-9-18(12-23(22)33-2)29-25(31)15-35-26-20(14-28)19(16-5-7-17(27)8-6-16)13-21(30-26)24-4-3-11-34-24/h3-13H,15H2,1-2H3,(H,29,31). The average molecular weight is 506 g/mol. The highest BCUT2D eigenvalue weighted by molar-refractivity contribution is 8.00. The molecule has 1 N–H and O–H groups in total. The van der Waals surface area contributed by atoms with Gasteiger partial charge in [-0.2, -0.15) is 5.26 Å². The van der Waals surface area contributed by atoms with Gasteiger partial charge in [0.25, 0.3) is 0 Å². The monoisotopic (exact) mass is 505 g/mol. The molecule has 4 rings (SSSR count). The van der Waals surface area contributed by atoms with E-state index in [1.807, 2.05) is 23.6 Å². The van der Waals surface area contributed by atoms with E-state index in [1.165, 1.54) is 49.5 Å². The number of benzene rings is 2. The van der Waals surface area contributed by atoms with Crippen LogP contribution in [0.15, 0.2) is 71.1 Å². The van der Waals surface area contributed by atoms with Crippen molar-refractivity contribution in [3.63, 3.8) is 0 Å². The molecule has 0 spiro atoms. The summed E-state index contributed by atoms with van der Waals surface area (Å²) in [7, 11) is 3.06. The van der Waals surface area contributed by atoms with Gasteiger partial charge in [-0.3, -0.25) is 4.79 Å². The first-order chi connectivity index (χ1) is 17.0. The van der Waals surface area contributed by atoms with Crippen LogP contribution in [0.4, 0.5) is 10.1 Å². The Morgan fingerprint density at radius 2 is 1.89 bits per heavy atom. The van der Waals surface area contributed by atoms with Crippen LogP contribution >= 0.6 is 23.1 Å². The van der Waals surface area contributed by atoms with Gasteiger partial charge in [0, 0.05) is 17.3 Å². The minimum absolute atomic E-state index is 0.0345. The molecule has 2 aromatic carbocycles. The van der Waals surface area contributed by atoms with Crippen molar-refractivity contribution in [2.24, 2.45) is 0 Å². The SMILES string of the molecule is COc1ccc(NC(=O)CSc2nc(-c3cccs3)cc(-c3ccc(F)cc3)c2C#N)cc1OC. The van der Waals surface area contributed by atoms with Crippen LogP contribution in [-0.2, 0) is 4.79 Å². The molecular formula is C26H20FN3O3S2. The predicted molar refractivity (Wildman–Crippen MR) is 137 cm³/mol. The van der Waals surface area contributed by atoms with Gasteiger partial charge in [0.15, 0.2) is 11.5 Å². The normalized spacial score (nSPS) is 10.5. The van der Waals surface area contributed by atoms with Crippen molar-refractivity contribution >= 4 is 34.7 Å². The van der Waals surface area contributed by atoms with Crippen LogP contribution in [0.25, 0.3) is 21.7 Å². The van der Waals surface area contributed by atoms with Gasteiger partial charge >= 0.3 is 0 Å². The van der Waals surface area contributed by atoms with Gasteiger partial charge in [0.2, 0.25) is 5.91 Å². The number of hydrogen-bond donors (Lipinski definition) is 1. The number of carbonyl (C=O) groups excluding carboxylic acids is 1. The maximum atomic E-state index is 13.5. The molecule has 0 aliphatic carbocycles. The third kappa shape index (κ3) is 5.62. The fourth-order valence-corrected chi connectivity index (χ4v) is 4.88. The van der Waals surface area contributed by atoms with E-state index in [2.05, 4.69) is 16.4 Å². The number of thioether (sulfide) groups is 1. The number of nitriles is 1. The molecule has 176 valence electrons. The van der Waals surface area contributed by atoms with E-state index in [1.54, 1.807) is 30.3 Å². The molecule has 0 aliphatic rings. The lowest BCUT2D eigenvalue weighted by atomic mass is 10.0. The van der Waals surface area contributed by atoms with Crippen molar-refractivity contribution < 1.29 is 18.7 Å². The van der Waals surface area contributed by atoms with Gasteiger partial charge in [-0.15, -0.1) is 11.3 Å². The Morgan fingerprint density at radius 1 is 1.11 bits per heavy atom. The van der Waals surface area contributed by atoms with E-state index < -0.39 is 0 Å². The van der Waals surface area contributed by atoms with Crippen LogP contribution in [-0.4, -0.2) is 30.9 Å². The summed E-state index contributed by atoms with van der Waals surface area (Å²) in [6, 6.07) is 18.9. The number of ether oxygens (including phenoxy) is 2. The molecule has 0 atom stereocenters. The number of nitrogens with zero attached hydrogens (tertiary/aromatic N) is 2. The zero-order chi connectivity index (χ0) is 24.8. The summed E-state index contributed by atoms with van der Waals surface area (Å²) in [6.07, 6.45) is 0. The second-order valence-electron chi connectivity index (χ2n) is 7.24. The smallest absolute Gasteiger partial charge is 0.234 e. The van der Waals surface area contributed by atoms with Crippen LogP contribution in [0.1, 0.15) is 5.56 Å². The van der Waals surface area contributed by atoms with E-state index in [9.17, 15) is 14.4 Å². The summed E-state index contributed by atoms with van der Waals surface area (Å²) in [4.78, 5) is 18.3. The number of halogens is 1.